The minimum atomic E-state index is -1.68. The fraction of sp³-hybridized carbons (Fsp3) is 0.250. The SMILES string of the molecule is CC(=O)N(OC(=O)[C@H](O)c1ccccc1)[C@H](CO)C(=O)NCc1ccc(F)cc1. The summed E-state index contributed by atoms with van der Waals surface area (Å²) in [6.45, 7) is 0.212. The van der Waals surface area contributed by atoms with Gasteiger partial charge in [-0.05, 0) is 23.3 Å². The van der Waals surface area contributed by atoms with E-state index in [2.05, 4.69) is 5.32 Å². The summed E-state index contributed by atoms with van der Waals surface area (Å²) in [6.07, 6.45) is -1.68. The van der Waals surface area contributed by atoms with E-state index >= 15 is 0 Å². The second-order valence-electron chi connectivity index (χ2n) is 6.11. The van der Waals surface area contributed by atoms with Gasteiger partial charge in [-0.1, -0.05) is 42.5 Å². The quantitative estimate of drug-likeness (QED) is 0.589. The molecule has 0 aliphatic rings. The van der Waals surface area contributed by atoms with Crippen molar-refractivity contribution in [1.82, 2.24) is 10.4 Å². The summed E-state index contributed by atoms with van der Waals surface area (Å²) in [6, 6.07) is 11.7. The molecule has 0 aromatic heterocycles. The van der Waals surface area contributed by atoms with Crippen LogP contribution in [0, 0.1) is 5.82 Å². The Morgan fingerprint density at radius 2 is 1.72 bits per heavy atom. The third-order valence-electron chi connectivity index (χ3n) is 3.98. The Morgan fingerprint density at radius 3 is 2.28 bits per heavy atom. The highest BCUT2D eigenvalue weighted by Crippen LogP contribution is 2.16. The van der Waals surface area contributed by atoms with Crippen LogP contribution in [0.2, 0.25) is 0 Å². The maximum atomic E-state index is 12.9. The minimum Gasteiger partial charge on any atom is -0.394 e. The first-order valence-electron chi connectivity index (χ1n) is 8.71. The normalized spacial score (nSPS) is 12.6. The Bertz CT molecular complexity index is 844. The molecule has 3 N–H and O–H groups in total. The molecule has 0 spiro atoms. The van der Waals surface area contributed by atoms with E-state index in [0.29, 0.717) is 10.6 Å². The summed E-state index contributed by atoms with van der Waals surface area (Å²) >= 11 is 0. The lowest BCUT2D eigenvalue weighted by molar-refractivity contribution is -0.215. The second kappa shape index (κ2) is 10.3. The molecule has 0 fully saturated rings. The van der Waals surface area contributed by atoms with Crippen LogP contribution >= 0.6 is 0 Å². The maximum Gasteiger partial charge on any atom is 0.365 e. The smallest absolute Gasteiger partial charge is 0.365 e. The number of nitrogens with one attached hydrogen (secondary N) is 1. The molecule has 2 aromatic rings. The number of aliphatic hydroxyl groups excluding tert-OH is 2. The standard InChI is InChI=1S/C20H21FN2O6/c1-13(25)23(29-20(28)18(26)15-5-3-2-4-6-15)17(12-24)19(27)22-11-14-7-9-16(21)10-8-14/h2-10,17-18,24,26H,11-12H2,1H3,(H,22,27)/t17-,18-/m1/s1. The van der Waals surface area contributed by atoms with Gasteiger partial charge in [0.05, 0.1) is 6.61 Å². The molecule has 0 aliphatic heterocycles. The zero-order valence-electron chi connectivity index (χ0n) is 15.6. The molecule has 0 heterocycles. The molecule has 0 saturated heterocycles. The van der Waals surface area contributed by atoms with Crippen LogP contribution < -0.4 is 5.32 Å². The Kier molecular flexibility index (Phi) is 7.81. The number of carbonyl (C=O) groups excluding carboxylic acids is 3. The summed E-state index contributed by atoms with van der Waals surface area (Å²) in [5.74, 6) is -3.24. The van der Waals surface area contributed by atoms with Gasteiger partial charge < -0.3 is 20.4 Å². The van der Waals surface area contributed by atoms with Gasteiger partial charge in [0.2, 0.25) is 5.91 Å². The van der Waals surface area contributed by atoms with Crippen LogP contribution in [0.4, 0.5) is 4.39 Å². The van der Waals surface area contributed by atoms with Gasteiger partial charge in [-0.25, -0.2) is 9.18 Å². The van der Waals surface area contributed by atoms with Crippen LogP contribution in [-0.2, 0) is 25.8 Å². The van der Waals surface area contributed by atoms with Gasteiger partial charge in [-0.15, -0.1) is 0 Å². The Hall–Kier alpha value is -3.30. The molecule has 8 nitrogen and oxygen atoms in total. The monoisotopic (exact) mass is 404 g/mol. The molecule has 2 rings (SSSR count). The minimum absolute atomic E-state index is 0.00193. The summed E-state index contributed by atoms with van der Waals surface area (Å²) in [5, 5.41) is 22.5. The Labute approximate surface area is 166 Å². The van der Waals surface area contributed by atoms with Gasteiger partial charge in [0.25, 0.3) is 5.91 Å². The molecular formula is C20H21FN2O6. The van der Waals surface area contributed by atoms with Gasteiger partial charge in [-0.3, -0.25) is 9.59 Å². The van der Waals surface area contributed by atoms with Crippen molar-refractivity contribution in [1.29, 1.82) is 0 Å². The number of aliphatic hydroxyl groups is 2. The molecule has 0 unspecified atom stereocenters. The summed E-state index contributed by atoms with van der Waals surface area (Å²) < 4.78 is 12.9. The predicted octanol–water partition coefficient (Wildman–Crippen LogP) is 0.843. The zero-order chi connectivity index (χ0) is 21.4. The van der Waals surface area contributed by atoms with Gasteiger partial charge in [0.15, 0.2) is 12.1 Å². The molecule has 154 valence electrons. The van der Waals surface area contributed by atoms with Gasteiger partial charge in [0.1, 0.15) is 5.82 Å². The number of carbonyl (C=O) groups is 3. The van der Waals surface area contributed by atoms with Crippen molar-refractivity contribution in [2.24, 2.45) is 0 Å². The first-order valence-corrected chi connectivity index (χ1v) is 8.71. The second-order valence-corrected chi connectivity index (χ2v) is 6.11. The van der Waals surface area contributed by atoms with E-state index < -0.39 is 42.4 Å². The van der Waals surface area contributed by atoms with E-state index in [1.807, 2.05) is 0 Å². The van der Waals surface area contributed by atoms with E-state index in [9.17, 15) is 29.0 Å². The average molecular weight is 404 g/mol. The van der Waals surface area contributed by atoms with Crippen molar-refractivity contribution in [2.75, 3.05) is 6.61 Å². The Morgan fingerprint density at radius 1 is 1.10 bits per heavy atom. The third kappa shape index (κ3) is 6.09. The topological polar surface area (TPSA) is 116 Å². The number of nitrogens with zero attached hydrogens (tertiary/aromatic N) is 1. The van der Waals surface area contributed by atoms with Crippen LogP contribution in [0.1, 0.15) is 24.2 Å². The molecule has 2 aromatic carbocycles. The summed E-state index contributed by atoms with van der Waals surface area (Å²) in [4.78, 5) is 41.4. The molecule has 0 saturated carbocycles. The highest BCUT2D eigenvalue weighted by Gasteiger charge is 2.33. The molecule has 2 amide bonds. The molecule has 2 atom stereocenters. The van der Waals surface area contributed by atoms with Crippen molar-refractivity contribution in [2.45, 2.75) is 25.6 Å². The van der Waals surface area contributed by atoms with E-state index in [-0.39, 0.29) is 12.1 Å². The zero-order valence-corrected chi connectivity index (χ0v) is 15.6. The van der Waals surface area contributed by atoms with E-state index in [0.717, 1.165) is 6.92 Å². The van der Waals surface area contributed by atoms with Gasteiger partial charge >= 0.3 is 5.97 Å². The number of benzene rings is 2. The molecular weight excluding hydrogens is 383 g/mol. The number of hydroxylamine groups is 2. The fourth-order valence-electron chi connectivity index (χ4n) is 2.44. The lowest BCUT2D eigenvalue weighted by atomic mass is 10.1. The van der Waals surface area contributed by atoms with Crippen LogP contribution in [0.15, 0.2) is 54.6 Å². The first kappa shape index (κ1) is 22.0. The average Bonchev–Trinajstić information content (AvgIpc) is 2.73. The van der Waals surface area contributed by atoms with E-state index in [1.165, 1.54) is 36.4 Å². The Balaban J connectivity index is 2.05. The van der Waals surface area contributed by atoms with Crippen molar-refractivity contribution in [3.63, 3.8) is 0 Å². The van der Waals surface area contributed by atoms with Crippen LogP contribution in [0.3, 0.4) is 0 Å². The third-order valence-corrected chi connectivity index (χ3v) is 3.98. The summed E-state index contributed by atoms with van der Waals surface area (Å²) in [7, 11) is 0. The van der Waals surface area contributed by atoms with E-state index in [1.54, 1.807) is 18.2 Å². The van der Waals surface area contributed by atoms with Gasteiger partial charge in [0, 0.05) is 13.5 Å². The van der Waals surface area contributed by atoms with Crippen LogP contribution in [0.5, 0.6) is 0 Å². The maximum absolute atomic E-state index is 12.9. The first-order chi connectivity index (χ1) is 13.8. The van der Waals surface area contributed by atoms with Crippen LogP contribution in [0.25, 0.3) is 0 Å². The molecule has 9 heteroatoms. The number of hydrogen-bond donors (Lipinski definition) is 3. The lowest BCUT2D eigenvalue weighted by Crippen LogP contribution is -2.51. The summed E-state index contributed by atoms with van der Waals surface area (Å²) in [5.41, 5.74) is 0.824. The largest absolute Gasteiger partial charge is 0.394 e. The molecule has 0 bridgehead atoms. The molecule has 0 radical (unpaired) electrons. The molecule has 29 heavy (non-hydrogen) atoms. The van der Waals surface area contributed by atoms with Gasteiger partial charge in [-0.2, -0.15) is 5.06 Å². The molecule has 0 aliphatic carbocycles. The van der Waals surface area contributed by atoms with Crippen molar-refractivity contribution in [3.8, 4) is 0 Å². The number of rotatable bonds is 7. The fourth-order valence-corrected chi connectivity index (χ4v) is 2.44. The number of hydrogen-bond acceptors (Lipinski definition) is 6. The lowest BCUT2D eigenvalue weighted by Gasteiger charge is -2.27. The van der Waals surface area contributed by atoms with Crippen molar-refractivity contribution in [3.05, 3.63) is 71.5 Å². The van der Waals surface area contributed by atoms with Crippen molar-refractivity contribution >= 4 is 17.8 Å². The van der Waals surface area contributed by atoms with Crippen LogP contribution in [-0.4, -0.2) is 45.7 Å². The highest BCUT2D eigenvalue weighted by molar-refractivity contribution is 5.87. The number of halogens is 1. The number of amides is 2. The van der Waals surface area contributed by atoms with E-state index in [4.69, 9.17) is 4.84 Å². The highest BCUT2D eigenvalue weighted by atomic mass is 19.1. The van der Waals surface area contributed by atoms with Crippen molar-refractivity contribution < 1.29 is 33.8 Å². The predicted molar refractivity (Wildman–Crippen MR) is 99.1 cm³/mol.